The second-order valence-corrected chi connectivity index (χ2v) is 7.41. The molecule has 0 bridgehead atoms. The van der Waals surface area contributed by atoms with Crippen molar-refractivity contribution in [2.75, 3.05) is 0 Å². The molecule has 1 heterocycles. The van der Waals surface area contributed by atoms with Gasteiger partial charge in [-0.1, -0.05) is 25.0 Å². The standard InChI is InChI=1S/C16H16FN3O3S/c17-13-5-3-4-12(10-13)16(6-1-2-7-16)15(21)20-24(22,23)14-11-18-8-9-19-14/h3-5,8-11H,1-2,6-7H2,(H,20,21). The lowest BCUT2D eigenvalue weighted by Gasteiger charge is -2.28. The number of halogens is 1. The van der Waals surface area contributed by atoms with Crippen LogP contribution in [0.4, 0.5) is 4.39 Å². The van der Waals surface area contributed by atoms with Crippen molar-refractivity contribution in [3.05, 3.63) is 54.2 Å². The van der Waals surface area contributed by atoms with E-state index in [1.165, 1.54) is 30.6 Å². The molecule has 6 nitrogen and oxygen atoms in total. The third-order valence-electron chi connectivity index (χ3n) is 4.31. The first-order valence-electron chi connectivity index (χ1n) is 7.53. The van der Waals surface area contributed by atoms with Gasteiger partial charge in [0.1, 0.15) is 5.82 Å². The monoisotopic (exact) mass is 349 g/mol. The average molecular weight is 349 g/mol. The van der Waals surface area contributed by atoms with Crippen LogP contribution in [0.1, 0.15) is 31.2 Å². The van der Waals surface area contributed by atoms with Gasteiger partial charge in [-0.3, -0.25) is 9.78 Å². The van der Waals surface area contributed by atoms with Crippen LogP contribution in [0.2, 0.25) is 0 Å². The third kappa shape index (κ3) is 3.01. The number of rotatable bonds is 4. The highest BCUT2D eigenvalue weighted by Crippen LogP contribution is 2.41. The molecule has 0 radical (unpaired) electrons. The summed E-state index contributed by atoms with van der Waals surface area (Å²) in [5.41, 5.74) is -0.552. The molecule has 1 aliphatic rings. The smallest absolute Gasteiger partial charge is 0.273 e. The molecule has 1 amide bonds. The van der Waals surface area contributed by atoms with Gasteiger partial charge >= 0.3 is 0 Å². The van der Waals surface area contributed by atoms with Crippen LogP contribution in [0, 0.1) is 5.82 Å². The highest BCUT2D eigenvalue weighted by molar-refractivity contribution is 7.90. The van der Waals surface area contributed by atoms with Crippen molar-refractivity contribution in [1.29, 1.82) is 0 Å². The maximum Gasteiger partial charge on any atom is 0.283 e. The molecular weight excluding hydrogens is 333 g/mol. The topological polar surface area (TPSA) is 89.0 Å². The van der Waals surface area contributed by atoms with Crippen LogP contribution in [0.25, 0.3) is 0 Å². The number of carbonyl (C=O) groups is 1. The molecule has 1 saturated carbocycles. The Morgan fingerprint density at radius 2 is 1.96 bits per heavy atom. The van der Waals surface area contributed by atoms with Gasteiger partial charge in [0, 0.05) is 12.4 Å². The lowest BCUT2D eigenvalue weighted by molar-refractivity contribution is -0.124. The van der Waals surface area contributed by atoms with E-state index in [-0.39, 0.29) is 5.03 Å². The summed E-state index contributed by atoms with van der Waals surface area (Å²) in [6, 6.07) is 5.76. The van der Waals surface area contributed by atoms with E-state index in [1.54, 1.807) is 6.07 Å². The molecule has 3 rings (SSSR count). The maximum atomic E-state index is 13.6. The molecule has 0 unspecified atom stereocenters. The van der Waals surface area contributed by atoms with Crippen molar-refractivity contribution >= 4 is 15.9 Å². The van der Waals surface area contributed by atoms with E-state index in [9.17, 15) is 17.6 Å². The van der Waals surface area contributed by atoms with Gasteiger partial charge in [0.05, 0.1) is 11.6 Å². The van der Waals surface area contributed by atoms with Crippen LogP contribution >= 0.6 is 0 Å². The molecule has 126 valence electrons. The van der Waals surface area contributed by atoms with Crippen molar-refractivity contribution in [1.82, 2.24) is 14.7 Å². The van der Waals surface area contributed by atoms with Gasteiger partial charge in [-0.2, -0.15) is 8.42 Å². The SMILES string of the molecule is O=C(NS(=O)(=O)c1cnccn1)C1(c2cccc(F)c2)CCCC1. The van der Waals surface area contributed by atoms with E-state index in [4.69, 9.17) is 0 Å². The number of benzene rings is 1. The Balaban J connectivity index is 1.94. The molecule has 24 heavy (non-hydrogen) atoms. The highest BCUT2D eigenvalue weighted by atomic mass is 32.2. The second kappa shape index (κ2) is 6.27. The summed E-state index contributed by atoms with van der Waals surface area (Å²) in [5, 5.41) is -0.328. The van der Waals surface area contributed by atoms with Crippen molar-refractivity contribution in [3.63, 3.8) is 0 Å². The predicted molar refractivity (Wildman–Crippen MR) is 83.9 cm³/mol. The summed E-state index contributed by atoms with van der Waals surface area (Å²) < 4.78 is 40.3. The van der Waals surface area contributed by atoms with Crippen molar-refractivity contribution < 1.29 is 17.6 Å². The predicted octanol–water partition coefficient (Wildman–Crippen LogP) is 1.93. The van der Waals surface area contributed by atoms with Gasteiger partial charge in [0.15, 0.2) is 5.03 Å². The Hall–Kier alpha value is -2.35. The summed E-state index contributed by atoms with van der Waals surface area (Å²) in [6.45, 7) is 0. The van der Waals surface area contributed by atoms with Gasteiger partial charge in [-0.15, -0.1) is 0 Å². The summed E-state index contributed by atoms with van der Waals surface area (Å²) in [5.74, 6) is -1.11. The molecule has 1 aromatic heterocycles. The van der Waals surface area contributed by atoms with Crippen LogP contribution in [-0.2, 0) is 20.2 Å². The number of carbonyl (C=O) groups excluding carboxylic acids is 1. The lowest BCUT2D eigenvalue weighted by atomic mass is 9.78. The number of nitrogens with zero attached hydrogens (tertiary/aromatic N) is 2. The molecule has 8 heteroatoms. The summed E-state index contributed by atoms with van der Waals surface area (Å²) in [7, 11) is -4.12. The molecule has 1 aromatic carbocycles. The first-order valence-corrected chi connectivity index (χ1v) is 9.02. The number of hydrogen-bond donors (Lipinski definition) is 1. The van der Waals surface area contributed by atoms with Gasteiger partial charge in [-0.25, -0.2) is 14.1 Å². The molecule has 0 saturated heterocycles. The normalized spacial score (nSPS) is 16.7. The van der Waals surface area contributed by atoms with E-state index in [1.807, 2.05) is 0 Å². The van der Waals surface area contributed by atoms with E-state index in [0.29, 0.717) is 18.4 Å². The van der Waals surface area contributed by atoms with Gasteiger partial charge < -0.3 is 0 Å². The second-order valence-electron chi connectivity index (χ2n) is 5.78. The summed E-state index contributed by atoms with van der Waals surface area (Å²) >= 11 is 0. The fraction of sp³-hybridized carbons (Fsp3) is 0.312. The number of nitrogens with one attached hydrogen (secondary N) is 1. The minimum atomic E-state index is -4.12. The zero-order valence-corrected chi connectivity index (χ0v) is 13.6. The van der Waals surface area contributed by atoms with Crippen molar-refractivity contribution in [2.45, 2.75) is 36.1 Å². The third-order valence-corrected chi connectivity index (χ3v) is 5.53. The minimum Gasteiger partial charge on any atom is -0.273 e. The first kappa shape index (κ1) is 16.5. The first-order chi connectivity index (χ1) is 11.4. The molecule has 2 aromatic rings. The number of aromatic nitrogens is 2. The molecule has 0 spiro atoms. The van der Waals surface area contributed by atoms with Crippen LogP contribution in [-0.4, -0.2) is 24.3 Å². The lowest BCUT2D eigenvalue weighted by Crippen LogP contribution is -2.45. The fourth-order valence-electron chi connectivity index (χ4n) is 3.11. The van der Waals surface area contributed by atoms with Gasteiger partial charge in [-0.05, 0) is 30.5 Å². The quantitative estimate of drug-likeness (QED) is 0.911. The van der Waals surface area contributed by atoms with Crippen molar-refractivity contribution in [2.24, 2.45) is 0 Å². The summed E-state index contributed by atoms with van der Waals surface area (Å²) in [6.07, 6.45) is 6.13. The Bertz CT molecular complexity index is 850. The highest BCUT2D eigenvalue weighted by Gasteiger charge is 2.44. The Labute approximate surface area is 139 Å². The fourth-order valence-corrected chi connectivity index (χ4v) is 4.05. The zero-order valence-electron chi connectivity index (χ0n) is 12.8. The molecular formula is C16H16FN3O3S. The van der Waals surface area contributed by atoms with E-state index in [2.05, 4.69) is 14.7 Å². The van der Waals surface area contributed by atoms with E-state index in [0.717, 1.165) is 19.0 Å². The number of sulfonamides is 1. The molecule has 1 N–H and O–H groups in total. The molecule has 0 aliphatic heterocycles. The molecule has 0 atom stereocenters. The maximum absolute atomic E-state index is 13.6. The van der Waals surface area contributed by atoms with Gasteiger partial charge in [0.25, 0.3) is 10.0 Å². The zero-order chi connectivity index (χ0) is 17.2. The van der Waals surface area contributed by atoms with Crippen LogP contribution < -0.4 is 4.72 Å². The Morgan fingerprint density at radius 3 is 2.58 bits per heavy atom. The largest absolute Gasteiger partial charge is 0.283 e. The number of amides is 1. The van der Waals surface area contributed by atoms with Crippen LogP contribution in [0.3, 0.4) is 0 Å². The van der Waals surface area contributed by atoms with Crippen LogP contribution in [0.15, 0.2) is 47.9 Å². The molecule has 1 fully saturated rings. The van der Waals surface area contributed by atoms with E-state index < -0.39 is 27.2 Å². The Kier molecular flexibility index (Phi) is 4.31. The van der Waals surface area contributed by atoms with E-state index >= 15 is 0 Å². The summed E-state index contributed by atoms with van der Waals surface area (Å²) in [4.78, 5) is 20.2. The average Bonchev–Trinajstić information content (AvgIpc) is 3.06. The van der Waals surface area contributed by atoms with Crippen molar-refractivity contribution in [3.8, 4) is 0 Å². The minimum absolute atomic E-state index is 0.328. The van der Waals surface area contributed by atoms with Gasteiger partial charge in [0.2, 0.25) is 5.91 Å². The Morgan fingerprint density at radius 1 is 1.21 bits per heavy atom. The molecule has 1 aliphatic carbocycles. The van der Waals surface area contributed by atoms with Crippen LogP contribution in [0.5, 0.6) is 0 Å². The number of hydrogen-bond acceptors (Lipinski definition) is 5.